The van der Waals surface area contributed by atoms with Gasteiger partial charge in [-0.25, -0.2) is 0 Å². The van der Waals surface area contributed by atoms with Crippen LogP contribution in [0.4, 0.5) is 0 Å². The molecule has 1 heterocycles. The van der Waals surface area contributed by atoms with Gasteiger partial charge >= 0.3 is 0 Å². The second-order valence-corrected chi connectivity index (χ2v) is 3.28. The minimum absolute atomic E-state index is 0.277. The predicted molar refractivity (Wildman–Crippen MR) is 47.7 cm³/mol. The maximum absolute atomic E-state index is 9.38. The molecule has 0 saturated heterocycles. The molecular weight excluding hydrogens is 206 g/mol. The Morgan fingerprint density at radius 1 is 1.36 bits per heavy atom. The number of benzene rings is 1. The topological polar surface area (TPSA) is 36.0 Å². The number of aromatic nitrogens is 1. The van der Waals surface area contributed by atoms with Crippen molar-refractivity contribution in [2.75, 3.05) is 0 Å². The first-order valence-corrected chi connectivity index (χ1v) is 4.02. The molecule has 56 valence electrons. The van der Waals surface area contributed by atoms with Crippen LogP contribution < -0.4 is 0 Å². The molecule has 0 aliphatic heterocycles. The minimum atomic E-state index is 0.277. The van der Waals surface area contributed by atoms with Gasteiger partial charge in [-0.3, -0.25) is 0 Å². The third-order valence-corrected chi connectivity index (χ3v) is 2.06. The molecule has 0 fully saturated rings. The summed E-state index contributed by atoms with van der Waals surface area (Å²) in [5.41, 5.74) is 0.785. The highest BCUT2D eigenvalue weighted by Gasteiger charge is 2.00. The van der Waals surface area contributed by atoms with Crippen molar-refractivity contribution in [1.82, 2.24) is 4.98 Å². The van der Waals surface area contributed by atoms with Gasteiger partial charge in [-0.15, -0.1) is 0 Å². The highest BCUT2D eigenvalue weighted by atomic mass is 79.9. The number of phenols is 1. The van der Waals surface area contributed by atoms with Crippen molar-refractivity contribution in [3.8, 4) is 5.75 Å². The van der Waals surface area contributed by atoms with E-state index in [4.69, 9.17) is 0 Å². The van der Waals surface area contributed by atoms with Crippen molar-refractivity contribution < 1.29 is 5.11 Å². The molecule has 0 spiro atoms. The number of rotatable bonds is 0. The van der Waals surface area contributed by atoms with Crippen molar-refractivity contribution in [3.63, 3.8) is 0 Å². The minimum Gasteiger partial charge on any atom is -0.506 e. The fourth-order valence-corrected chi connectivity index (χ4v) is 1.58. The van der Waals surface area contributed by atoms with Crippen molar-refractivity contribution in [2.45, 2.75) is 0 Å². The van der Waals surface area contributed by atoms with Crippen molar-refractivity contribution in [2.24, 2.45) is 0 Å². The molecule has 11 heavy (non-hydrogen) atoms. The summed E-state index contributed by atoms with van der Waals surface area (Å²) in [5.74, 6) is 0.277. The summed E-state index contributed by atoms with van der Waals surface area (Å²) in [4.78, 5) is 2.94. The van der Waals surface area contributed by atoms with Crippen LogP contribution >= 0.6 is 15.9 Å². The second-order valence-electron chi connectivity index (χ2n) is 2.37. The molecule has 2 rings (SSSR count). The van der Waals surface area contributed by atoms with Gasteiger partial charge in [0, 0.05) is 16.1 Å². The lowest BCUT2D eigenvalue weighted by Gasteiger charge is -1.95. The number of fused-ring (bicyclic) bond motifs is 1. The fourth-order valence-electron chi connectivity index (χ4n) is 1.12. The zero-order valence-corrected chi connectivity index (χ0v) is 7.22. The third kappa shape index (κ3) is 1.01. The van der Waals surface area contributed by atoms with Crippen LogP contribution in [0, 0.1) is 0 Å². The molecule has 0 amide bonds. The summed E-state index contributed by atoms with van der Waals surface area (Å²) in [6, 6.07) is 5.53. The Morgan fingerprint density at radius 3 is 3.00 bits per heavy atom. The van der Waals surface area contributed by atoms with E-state index in [1.165, 1.54) is 0 Å². The normalized spacial score (nSPS) is 10.6. The van der Waals surface area contributed by atoms with E-state index in [2.05, 4.69) is 20.9 Å². The molecule has 0 aliphatic carbocycles. The van der Waals surface area contributed by atoms with Crippen molar-refractivity contribution in [1.29, 1.82) is 0 Å². The molecule has 0 bridgehead atoms. The molecule has 3 heteroatoms. The van der Waals surface area contributed by atoms with Gasteiger partial charge in [-0.2, -0.15) is 0 Å². The van der Waals surface area contributed by atoms with Gasteiger partial charge in [-0.05, 0) is 18.2 Å². The van der Waals surface area contributed by atoms with Crippen LogP contribution in [0.3, 0.4) is 0 Å². The Hall–Kier alpha value is -0.960. The Labute approximate surface area is 72.0 Å². The van der Waals surface area contributed by atoms with Gasteiger partial charge in [0.25, 0.3) is 0 Å². The van der Waals surface area contributed by atoms with E-state index in [1.54, 1.807) is 12.3 Å². The van der Waals surface area contributed by atoms with Gasteiger partial charge in [-0.1, -0.05) is 15.9 Å². The molecule has 0 saturated carbocycles. The summed E-state index contributed by atoms with van der Waals surface area (Å²) in [6.07, 6.45) is 1.80. The lowest BCUT2D eigenvalue weighted by molar-refractivity contribution is 0.480. The van der Waals surface area contributed by atoms with Gasteiger partial charge < -0.3 is 10.1 Å². The summed E-state index contributed by atoms with van der Waals surface area (Å²) < 4.78 is 0.891. The number of aromatic hydroxyl groups is 1. The maximum atomic E-state index is 9.38. The molecule has 2 nitrogen and oxygen atoms in total. The molecule has 2 N–H and O–H groups in total. The first-order valence-electron chi connectivity index (χ1n) is 3.23. The number of hydrogen-bond acceptors (Lipinski definition) is 1. The highest BCUT2D eigenvalue weighted by molar-refractivity contribution is 9.10. The van der Waals surface area contributed by atoms with E-state index in [0.29, 0.717) is 0 Å². The van der Waals surface area contributed by atoms with E-state index in [9.17, 15) is 5.11 Å². The van der Waals surface area contributed by atoms with Gasteiger partial charge in [0.05, 0.1) is 5.52 Å². The third-order valence-electron chi connectivity index (χ3n) is 1.60. The van der Waals surface area contributed by atoms with Crippen LogP contribution in [0.25, 0.3) is 10.9 Å². The number of nitrogens with one attached hydrogen (secondary N) is 1. The van der Waals surface area contributed by atoms with Crippen LogP contribution in [0.2, 0.25) is 0 Å². The highest BCUT2D eigenvalue weighted by Crippen LogP contribution is 2.27. The molecule has 0 atom stereocenters. The molecule has 1 aromatic carbocycles. The number of hydrogen-bond donors (Lipinski definition) is 2. The summed E-state index contributed by atoms with van der Waals surface area (Å²) in [6.45, 7) is 0. The molecule has 0 unspecified atom stereocenters. The van der Waals surface area contributed by atoms with Crippen LogP contribution in [-0.2, 0) is 0 Å². The van der Waals surface area contributed by atoms with Crippen LogP contribution in [0.1, 0.15) is 0 Å². The average molecular weight is 212 g/mol. The lowest BCUT2D eigenvalue weighted by atomic mass is 10.2. The summed E-state index contributed by atoms with van der Waals surface area (Å²) >= 11 is 3.29. The Morgan fingerprint density at radius 2 is 2.18 bits per heavy atom. The van der Waals surface area contributed by atoms with Gasteiger partial charge in [0.2, 0.25) is 0 Å². The maximum Gasteiger partial charge on any atom is 0.140 e. The smallest absolute Gasteiger partial charge is 0.140 e. The fraction of sp³-hybridized carbons (Fsp3) is 0. The van der Waals surface area contributed by atoms with E-state index >= 15 is 0 Å². The van der Waals surface area contributed by atoms with E-state index in [1.807, 2.05) is 12.1 Å². The lowest BCUT2D eigenvalue weighted by Crippen LogP contribution is -1.70. The Bertz CT molecular complexity index is 394. The number of aromatic amines is 1. The molecular formula is C8H6BrNO. The van der Waals surface area contributed by atoms with Crippen molar-refractivity contribution >= 4 is 26.8 Å². The Kier molecular flexibility index (Phi) is 1.39. The van der Waals surface area contributed by atoms with E-state index in [-0.39, 0.29) is 5.75 Å². The average Bonchev–Trinajstić information content (AvgIpc) is 2.34. The summed E-state index contributed by atoms with van der Waals surface area (Å²) in [5, 5.41) is 10.4. The van der Waals surface area contributed by atoms with Crippen molar-refractivity contribution in [3.05, 3.63) is 28.9 Å². The second kappa shape index (κ2) is 2.27. The number of phenolic OH excluding ortho intramolecular Hbond substituents is 1. The molecule has 0 radical (unpaired) electrons. The van der Waals surface area contributed by atoms with Crippen LogP contribution in [0.5, 0.6) is 5.75 Å². The SMILES string of the molecule is Oc1cc(Br)cc2cc[nH]c12. The Balaban J connectivity index is 2.91. The first kappa shape index (κ1) is 6.73. The predicted octanol–water partition coefficient (Wildman–Crippen LogP) is 2.64. The zero-order chi connectivity index (χ0) is 7.84. The summed E-state index contributed by atoms with van der Waals surface area (Å²) in [7, 11) is 0. The van der Waals surface area contributed by atoms with Crippen LogP contribution in [0.15, 0.2) is 28.9 Å². The quantitative estimate of drug-likeness (QED) is 0.691. The first-order chi connectivity index (χ1) is 5.27. The van der Waals surface area contributed by atoms with Gasteiger partial charge in [0.15, 0.2) is 0 Å². The molecule has 2 aromatic rings. The number of halogens is 1. The number of H-pyrrole nitrogens is 1. The zero-order valence-electron chi connectivity index (χ0n) is 5.63. The molecule has 0 aliphatic rings. The van der Waals surface area contributed by atoms with E-state index < -0.39 is 0 Å². The van der Waals surface area contributed by atoms with E-state index in [0.717, 1.165) is 15.4 Å². The molecule has 1 aromatic heterocycles. The standard InChI is InChI=1S/C8H6BrNO/c9-6-3-5-1-2-10-8(5)7(11)4-6/h1-4,10-11H. The monoisotopic (exact) mass is 211 g/mol. The largest absolute Gasteiger partial charge is 0.506 e. The van der Waals surface area contributed by atoms with Gasteiger partial charge in [0.1, 0.15) is 5.75 Å². The van der Waals surface area contributed by atoms with Crippen LogP contribution in [-0.4, -0.2) is 10.1 Å².